The van der Waals surface area contributed by atoms with Gasteiger partial charge in [0.25, 0.3) is 5.91 Å². The monoisotopic (exact) mass is 442 g/mol. The Kier molecular flexibility index (Phi) is 6.92. The lowest BCUT2D eigenvalue weighted by Crippen LogP contribution is -2.43. The van der Waals surface area contributed by atoms with Gasteiger partial charge in [-0.2, -0.15) is 0 Å². The van der Waals surface area contributed by atoms with Crippen LogP contribution in [0.25, 0.3) is 10.4 Å². The molecule has 166 valence electrons. The Morgan fingerprint density at radius 2 is 2.13 bits per heavy atom. The second-order valence-electron chi connectivity index (χ2n) is 7.98. The van der Waals surface area contributed by atoms with E-state index in [0.29, 0.717) is 37.2 Å². The molecule has 0 N–H and O–H groups in total. The summed E-state index contributed by atoms with van der Waals surface area (Å²) in [5.41, 5.74) is 2.09. The average Bonchev–Trinajstić information content (AvgIpc) is 3.43. The summed E-state index contributed by atoms with van der Waals surface area (Å²) in [5, 5.41) is 0. The van der Waals surface area contributed by atoms with Gasteiger partial charge in [0.1, 0.15) is 12.4 Å². The van der Waals surface area contributed by atoms with E-state index in [-0.39, 0.29) is 18.3 Å². The normalized spacial score (nSPS) is 17.5. The van der Waals surface area contributed by atoms with Crippen molar-refractivity contribution in [2.45, 2.75) is 45.8 Å². The first-order chi connectivity index (χ1) is 15.1. The standard InChI is InChI=1S/C24H30N2O4S/c1-3-25-12-7-8-18(25)15-26(13-11-22(27)29-4-2)24(28)21-14-17-16-30-20-10-6-5-9-19(20)23(17)31-21/h5-6,9-10,14,18H,3-4,7-8,11-13,15-16H2,1-2H3. The minimum atomic E-state index is -0.258. The molecule has 1 amide bonds. The van der Waals surface area contributed by atoms with E-state index >= 15 is 0 Å². The first-order valence-corrected chi connectivity index (χ1v) is 12.0. The first-order valence-electron chi connectivity index (χ1n) is 11.1. The summed E-state index contributed by atoms with van der Waals surface area (Å²) < 4.78 is 11.0. The number of rotatable bonds is 8. The SMILES string of the molecule is CCOC(=O)CCN(CC1CCCN1CC)C(=O)c1cc2c(s1)-c1ccccc1OC2. The van der Waals surface area contributed by atoms with Crippen molar-refractivity contribution in [2.75, 3.05) is 32.8 Å². The summed E-state index contributed by atoms with van der Waals surface area (Å²) in [5.74, 6) is 0.593. The summed E-state index contributed by atoms with van der Waals surface area (Å²) in [4.78, 5) is 31.6. The molecule has 1 aromatic heterocycles. The lowest BCUT2D eigenvalue weighted by atomic mass is 10.1. The number of ether oxygens (including phenoxy) is 2. The number of carbonyl (C=O) groups excluding carboxylic acids is 2. The minimum Gasteiger partial charge on any atom is -0.488 e. The fourth-order valence-electron chi connectivity index (χ4n) is 4.47. The number of benzene rings is 1. The highest BCUT2D eigenvalue weighted by Gasteiger charge is 2.30. The molecule has 3 heterocycles. The molecule has 1 saturated heterocycles. The number of hydrogen-bond donors (Lipinski definition) is 0. The Bertz CT molecular complexity index is 941. The Balaban J connectivity index is 1.55. The Morgan fingerprint density at radius 3 is 2.94 bits per heavy atom. The van der Waals surface area contributed by atoms with Crippen molar-refractivity contribution in [1.82, 2.24) is 9.80 Å². The van der Waals surface area contributed by atoms with Gasteiger partial charge in [-0.25, -0.2) is 0 Å². The lowest BCUT2D eigenvalue weighted by Gasteiger charge is -2.30. The third-order valence-corrected chi connectivity index (χ3v) is 7.25. The minimum absolute atomic E-state index is 0.0101. The van der Waals surface area contributed by atoms with Crippen LogP contribution in [0.1, 0.15) is 48.3 Å². The molecular formula is C24H30N2O4S. The van der Waals surface area contributed by atoms with Gasteiger partial charge in [0.15, 0.2) is 0 Å². The summed E-state index contributed by atoms with van der Waals surface area (Å²) in [6.07, 6.45) is 2.45. The van der Waals surface area contributed by atoms with E-state index in [2.05, 4.69) is 11.8 Å². The zero-order chi connectivity index (χ0) is 21.8. The van der Waals surface area contributed by atoms with Gasteiger partial charge < -0.3 is 14.4 Å². The first kappa shape index (κ1) is 21.8. The number of likely N-dealkylation sites (tertiary alicyclic amines) is 1. The molecule has 4 rings (SSSR count). The molecule has 7 heteroatoms. The van der Waals surface area contributed by atoms with Crippen molar-refractivity contribution in [2.24, 2.45) is 0 Å². The topological polar surface area (TPSA) is 59.1 Å². The van der Waals surface area contributed by atoms with Crippen LogP contribution in [-0.4, -0.2) is 60.5 Å². The number of para-hydroxylation sites is 1. The van der Waals surface area contributed by atoms with Crippen LogP contribution in [0.15, 0.2) is 30.3 Å². The van der Waals surface area contributed by atoms with Crippen molar-refractivity contribution in [3.63, 3.8) is 0 Å². The molecule has 2 aliphatic rings. The van der Waals surface area contributed by atoms with E-state index in [1.54, 1.807) is 6.92 Å². The van der Waals surface area contributed by atoms with Crippen molar-refractivity contribution in [3.8, 4) is 16.2 Å². The van der Waals surface area contributed by atoms with Gasteiger partial charge in [-0.15, -0.1) is 11.3 Å². The Hall–Kier alpha value is -2.38. The van der Waals surface area contributed by atoms with E-state index in [0.717, 1.165) is 47.7 Å². The highest BCUT2D eigenvalue weighted by Crippen LogP contribution is 2.42. The van der Waals surface area contributed by atoms with Gasteiger partial charge >= 0.3 is 5.97 Å². The van der Waals surface area contributed by atoms with Gasteiger partial charge in [0.05, 0.1) is 17.9 Å². The molecule has 0 aliphatic carbocycles. The molecule has 1 aromatic carbocycles. The summed E-state index contributed by atoms with van der Waals surface area (Å²) >= 11 is 1.52. The van der Waals surface area contributed by atoms with Crippen LogP contribution in [0, 0.1) is 0 Å². The zero-order valence-electron chi connectivity index (χ0n) is 18.3. The van der Waals surface area contributed by atoms with Crippen LogP contribution in [0.2, 0.25) is 0 Å². The maximum Gasteiger partial charge on any atom is 0.307 e. The molecule has 2 aromatic rings. The second kappa shape index (κ2) is 9.83. The molecule has 0 radical (unpaired) electrons. The number of thiophene rings is 1. The smallest absolute Gasteiger partial charge is 0.307 e. The van der Waals surface area contributed by atoms with E-state index in [1.807, 2.05) is 35.2 Å². The van der Waals surface area contributed by atoms with Crippen molar-refractivity contribution in [1.29, 1.82) is 0 Å². The average molecular weight is 443 g/mol. The van der Waals surface area contributed by atoms with E-state index in [1.165, 1.54) is 11.3 Å². The molecule has 0 spiro atoms. The second-order valence-corrected chi connectivity index (χ2v) is 9.03. The fourth-order valence-corrected chi connectivity index (χ4v) is 5.63. The number of fused-ring (bicyclic) bond motifs is 3. The summed E-state index contributed by atoms with van der Waals surface area (Å²) in [7, 11) is 0. The van der Waals surface area contributed by atoms with Crippen LogP contribution >= 0.6 is 11.3 Å². The maximum atomic E-state index is 13.6. The van der Waals surface area contributed by atoms with Gasteiger partial charge in [0, 0.05) is 35.1 Å². The van der Waals surface area contributed by atoms with Gasteiger partial charge in [0.2, 0.25) is 0 Å². The van der Waals surface area contributed by atoms with Gasteiger partial charge in [-0.3, -0.25) is 14.5 Å². The largest absolute Gasteiger partial charge is 0.488 e. The van der Waals surface area contributed by atoms with Crippen molar-refractivity contribution in [3.05, 3.63) is 40.8 Å². The number of hydrogen-bond acceptors (Lipinski definition) is 6. The number of carbonyl (C=O) groups is 2. The van der Waals surface area contributed by atoms with Crippen molar-refractivity contribution >= 4 is 23.2 Å². The van der Waals surface area contributed by atoms with Gasteiger partial charge in [-0.1, -0.05) is 19.1 Å². The molecule has 1 atom stereocenters. The number of esters is 1. The molecule has 2 aliphatic heterocycles. The number of amides is 1. The predicted octanol–water partition coefficient (Wildman–Crippen LogP) is 4.19. The third kappa shape index (κ3) is 4.77. The van der Waals surface area contributed by atoms with Crippen LogP contribution in [-0.2, 0) is 16.1 Å². The molecule has 6 nitrogen and oxygen atoms in total. The van der Waals surface area contributed by atoms with Crippen LogP contribution < -0.4 is 4.74 Å². The van der Waals surface area contributed by atoms with E-state index < -0.39 is 0 Å². The Morgan fingerprint density at radius 1 is 1.29 bits per heavy atom. The molecule has 1 unspecified atom stereocenters. The maximum absolute atomic E-state index is 13.6. The third-order valence-electron chi connectivity index (χ3n) is 6.05. The Labute approximate surface area is 187 Å². The summed E-state index contributed by atoms with van der Waals surface area (Å²) in [6.45, 7) is 7.86. The fraction of sp³-hybridized carbons (Fsp3) is 0.500. The van der Waals surface area contributed by atoms with Crippen molar-refractivity contribution < 1.29 is 19.1 Å². The summed E-state index contributed by atoms with van der Waals surface area (Å²) in [6, 6.07) is 10.3. The van der Waals surface area contributed by atoms with Crippen LogP contribution in [0.5, 0.6) is 5.75 Å². The highest BCUT2D eigenvalue weighted by atomic mass is 32.1. The van der Waals surface area contributed by atoms with Gasteiger partial charge in [-0.05, 0) is 51.1 Å². The molecule has 31 heavy (non-hydrogen) atoms. The number of nitrogens with zero attached hydrogens (tertiary/aromatic N) is 2. The van der Waals surface area contributed by atoms with Crippen LogP contribution in [0.3, 0.4) is 0 Å². The predicted molar refractivity (Wildman–Crippen MR) is 122 cm³/mol. The molecule has 0 bridgehead atoms. The van der Waals surface area contributed by atoms with E-state index in [4.69, 9.17) is 9.47 Å². The molecule has 1 fully saturated rings. The van der Waals surface area contributed by atoms with Crippen LogP contribution in [0.4, 0.5) is 0 Å². The highest BCUT2D eigenvalue weighted by molar-refractivity contribution is 7.17. The quantitative estimate of drug-likeness (QED) is 0.574. The lowest BCUT2D eigenvalue weighted by molar-refractivity contribution is -0.143. The zero-order valence-corrected chi connectivity index (χ0v) is 19.1. The molecule has 0 saturated carbocycles. The molecular weight excluding hydrogens is 412 g/mol. The number of likely N-dealkylation sites (N-methyl/N-ethyl adjacent to an activating group) is 1. The van der Waals surface area contributed by atoms with E-state index in [9.17, 15) is 9.59 Å².